The van der Waals surface area contributed by atoms with Crippen molar-refractivity contribution in [2.75, 3.05) is 26.3 Å². The van der Waals surface area contributed by atoms with Crippen molar-refractivity contribution >= 4 is 11.9 Å². The molecule has 0 aliphatic rings. The smallest absolute Gasteiger partial charge is 0.320 e. The average molecular weight is 262 g/mol. The lowest BCUT2D eigenvalue weighted by Crippen LogP contribution is -2.37. The maximum absolute atomic E-state index is 10.9. The highest BCUT2D eigenvalue weighted by Gasteiger charge is 2.15. The van der Waals surface area contributed by atoms with Crippen molar-refractivity contribution in [3.8, 4) is 0 Å². The molecule has 0 heterocycles. The molecule has 0 aromatic rings. The highest BCUT2D eigenvalue weighted by molar-refractivity contribution is 5.76. The van der Waals surface area contributed by atoms with Crippen LogP contribution in [0.1, 0.15) is 25.7 Å². The molecule has 0 spiro atoms. The Bertz CT molecular complexity index is 248. The molecule has 0 saturated carbocycles. The molecule has 0 aliphatic heterocycles. The molecule has 5 N–H and O–H groups in total. The van der Waals surface area contributed by atoms with Gasteiger partial charge in [-0.3, -0.25) is 9.59 Å². The summed E-state index contributed by atoms with van der Waals surface area (Å²) < 4.78 is 0. The molecule has 0 aliphatic carbocycles. The van der Waals surface area contributed by atoms with E-state index in [1.54, 1.807) is 0 Å². The van der Waals surface area contributed by atoms with Crippen LogP contribution in [0, 0.1) is 0 Å². The summed E-state index contributed by atoms with van der Waals surface area (Å²) in [7, 11) is 0. The number of hydrogen-bond donors (Lipinski definition) is 5. The van der Waals surface area contributed by atoms with E-state index in [1.165, 1.54) is 0 Å². The highest BCUT2D eigenvalue weighted by Crippen LogP contribution is 2.01. The van der Waals surface area contributed by atoms with Crippen molar-refractivity contribution in [1.29, 1.82) is 0 Å². The van der Waals surface area contributed by atoms with Crippen LogP contribution in [-0.2, 0) is 9.59 Å². The Balaban J connectivity index is 3.64. The molecule has 0 aromatic carbocycles. The zero-order valence-electron chi connectivity index (χ0n) is 10.4. The first-order valence-corrected chi connectivity index (χ1v) is 6.06. The van der Waals surface area contributed by atoms with Crippen molar-refractivity contribution in [2.24, 2.45) is 0 Å². The molecule has 0 aromatic heterocycles. The number of hydrogen-bond acceptors (Lipinski definition) is 5. The fourth-order valence-electron chi connectivity index (χ4n) is 1.43. The van der Waals surface area contributed by atoms with E-state index in [4.69, 9.17) is 15.3 Å². The third kappa shape index (κ3) is 8.91. The minimum Gasteiger partial charge on any atom is -0.480 e. The summed E-state index contributed by atoms with van der Waals surface area (Å²) in [5.41, 5.74) is 0. The van der Waals surface area contributed by atoms with E-state index in [1.807, 2.05) is 0 Å². The summed E-state index contributed by atoms with van der Waals surface area (Å²) in [4.78, 5) is 21.6. The second-order valence-corrected chi connectivity index (χ2v) is 3.93. The average Bonchev–Trinajstić information content (AvgIpc) is 2.35. The van der Waals surface area contributed by atoms with Crippen LogP contribution in [0.25, 0.3) is 0 Å². The number of carbonyl (C=O) groups is 2. The van der Waals surface area contributed by atoms with Gasteiger partial charge < -0.3 is 26.0 Å². The van der Waals surface area contributed by atoms with E-state index < -0.39 is 24.5 Å². The van der Waals surface area contributed by atoms with E-state index in [9.17, 15) is 9.59 Å². The Hall–Kier alpha value is -1.18. The fraction of sp³-hybridized carbons (Fsp3) is 0.818. The molecule has 18 heavy (non-hydrogen) atoms. The zero-order chi connectivity index (χ0) is 13.8. The van der Waals surface area contributed by atoms with Gasteiger partial charge in [-0.25, -0.2) is 0 Å². The van der Waals surface area contributed by atoms with Crippen LogP contribution < -0.4 is 10.6 Å². The minimum absolute atomic E-state index is 0.0343. The second-order valence-electron chi connectivity index (χ2n) is 3.93. The normalized spacial score (nSPS) is 12.1. The number of aliphatic hydroxyl groups is 2. The second kappa shape index (κ2) is 10.9. The van der Waals surface area contributed by atoms with Crippen molar-refractivity contribution in [3.63, 3.8) is 0 Å². The molecule has 1 atom stereocenters. The molecule has 7 heteroatoms. The van der Waals surface area contributed by atoms with E-state index >= 15 is 0 Å². The van der Waals surface area contributed by atoms with Gasteiger partial charge in [0.15, 0.2) is 0 Å². The van der Waals surface area contributed by atoms with Crippen LogP contribution in [-0.4, -0.2) is 59.5 Å². The Morgan fingerprint density at radius 1 is 1.06 bits per heavy atom. The van der Waals surface area contributed by atoms with Gasteiger partial charge in [0.2, 0.25) is 5.91 Å². The molecule has 0 bridgehead atoms. The molecular formula is C11H22N2O5. The first-order valence-electron chi connectivity index (χ1n) is 6.06. The number of carboxylic acids is 1. The van der Waals surface area contributed by atoms with Crippen molar-refractivity contribution in [3.05, 3.63) is 0 Å². The van der Waals surface area contributed by atoms with Gasteiger partial charge in [-0.05, 0) is 32.2 Å². The van der Waals surface area contributed by atoms with Crippen molar-refractivity contribution in [2.45, 2.75) is 31.7 Å². The van der Waals surface area contributed by atoms with Gasteiger partial charge in [-0.15, -0.1) is 0 Å². The maximum atomic E-state index is 10.9. The van der Waals surface area contributed by atoms with Crippen LogP contribution in [0.4, 0.5) is 0 Å². The van der Waals surface area contributed by atoms with Gasteiger partial charge in [0.05, 0.1) is 0 Å². The Morgan fingerprint density at radius 2 is 1.78 bits per heavy atom. The van der Waals surface area contributed by atoms with Crippen LogP contribution in [0.3, 0.4) is 0 Å². The van der Waals surface area contributed by atoms with E-state index in [0.29, 0.717) is 38.8 Å². The Kier molecular flexibility index (Phi) is 10.2. The predicted molar refractivity (Wildman–Crippen MR) is 65.1 cm³/mol. The largest absolute Gasteiger partial charge is 0.480 e. The van der Waals surface area contributed by atoms with Crippen molar-refractivity contribution in [1.82, 2.24) is 10.6 Å². The maximum Gasteiger partial charge on any atom is 0.320 e. The number of rotatable bonds is 11. The summed E-state index contributed by atoms with van der Waals surface area (Å²) in [6, 6.07) is -0.620. The molecule has 0 fully saturated rings. The minimum atomic E-state index is -0.910. The summed E-state index contributed by atoms with van der Waals surface area (Å²) in [6.07, 6.45) is 2.32. The van der Waals surface area contributed by atoms with Crippen LogP contribution >= 0.6 is 0 Å². The quantitative estimate of drug-likeness (QED) is 0.295. The lowest BCUT2D eigenvalue weighted by molar-refractivity contribution is -0.139. The predicted octanol–water partition coefficient (Wildman–Crippen LogP) is -1.31. The zero-order valence-corrected chi connectivity index (χ0v) is 10.4. The van der Waals surface area contributed by atoms with E-state index in [2.05, 4.69) is 10.6 Å². The Labute approximate surface area is 106 Å². The third-order valence-corrected chi connectivity index (χ3v) is 2.41. The molecule has 1 amide bonds. The summed E-state index contributed by atoms with van der Waals surface area (Å²) in [5, 5.41) is 31.3. The first-order chi connectivity index (χ1) is 8.61. The standard InChI is InChI=1S/C11H22N2O5/c14-7-3-6-12-9(11(17)18)4-1-2-5-13-10(16)8-15/h9,12,14-15H,1-8H2,(H,13,16)(H,17,18). The molecule has 0 radical (unpaired) electrons. The fourth-order valence-corrected chi connectivity index (χ4v) is 1.43. The van der Waals surface area contributed by atoms with Gasteiger partial charge >= 0.3 is 5.97 Å². The number of unbranched alkanes of at least 4 members (excludes halogenated alkanes) is 1. The van der Waals surface area contributed by atoms with E-state index in [0.717, 1.165) is 0 Å². The monoisotopic (exact) mass is 262 g/mol. The summed E-state index contributed by atoms with van der Waals surface area (Å²) >= 11 is 0. The lowest BCUT2D eigenvalue weighted by atomic mass is 10.1. The number of carbonyl (C=O) groups excluding carboxylic acids is 1. The first kappa shape index (κ1) is 16.8. The number of aliphatic hydroxyl groups excluding tert-OH is 2. The van der Waals surface area contributed by atoms with Gasteiger partial charge in [0.1, 0.15) is 12.6 Å². The molecule has 1 unspecified atom stereocenters. The summed E-state index contributed by atoms with van der Waals surface area (Å²) in [5.74, 6) is -1.34. The highest BCUT2D eigenvalue weighted by atomic mass is 16.4. The molecular weight excluding hydrogens is 240 g/mol. The Morgan fingerprint density at radius 3 is 2.33 bits per heavy atom. The van der Waals surface area contributed by atoms with Crippen LogP contribution in [0.5, 0.6) is 0 Å². The summed E-state index contributed by atoms with van der Waals surface area (Å²) in [6.45, 7) is 0.407. The third-order valence-electron chi connectivity index (χ3n) is 2.41. The van der Waals surface area contributed by atoms with Gasteiger partial charge in [-0.1, -0.05) is 0 Å². The molecule has 7 nitrogen and oxygen atoms in total. The molecule has 0 saturated heterocycles. The number of nitrogens with one attached hydrogen (secondary N) is 2. The number of carboxylic acid groups (broad SMARTS) is 1. The number of aliphatic carboxylic acids is 1. The van der Waals surface area contributed by atoms with E-state index in [-0.39, 0.29) is 6.61 Å². The number of amides is 1. The van der Waals surface area contributed by atoms with Crippen molar-refractivity contribution < 1.29 is 24.9 Å². The van der Waals surface area contributed by atoms with Crippen LogP contribution in [0.2, 0.25) is 0 Å². The topological polar surface area (TPSA) is 119 Å². The van der Waals surface area contributed by atoms with Gasteiger partial charge in [0, 0.05) is 13.2 Å². The van der Waals surface area contributed by atoms with Gasteiger partial charge in [-0.2, -0.15) is 0 Å². The molecule has 106 valence electrons. The van der Waals surface area contributed by atoms with Crippen LogP contribution in [0.15, 0.2) is 0 Å². The molecule has 0 rings (SSSR count). The lowest BCUT2D eigenvalue weighted by Gasteiger charge is -2.13. The van der Waals surface area contributed by atoms with Gasteiger partial charge in [0.25, 0.3) is 0 Å². The SMILES string of the molecule is O=C(CO)NCCCCC(NCCCO)C(=O)O.